The van der Waals surface area contributed by atoms with Crippen LogP contribution in [0.3, 0.4) is 0 Å². The smallest absolute Gasteiger partial charge is 0.220 e. The van der Waals surface area contributed by atoms with Crippen molar-refractivity contribution in [2.45, 2.75) is 43.5 Å². The van der Waals surface area contributed by atoms with Crippen molar-refractivity contribution in [1.29, 1.82) is 0 Å². The zero-order valence-corrected chi connectivity index (χ0v) is 8.06. The Bertz CT molecular complexity index is 266. The third-order valence-electron chi connectivity index (χ3n) is 2.07. The van der Waals surface area contributed by atoms with E-state index >= 15 is 0 Å². The van der Waals surface area contributed by atoms with Gasteiger partial charge in [0.1, 0.15) is 0 Å². The first-order valence-electron chi connectivity index (χ1n) is 4.05. The van der Waals surface area contributed by atoms with Crippen LogP contribution in [0.2, 0.25) is 0 Å². The molecule has 0 fully saturated rings. The molecule has 1 atom stereocenters. The lowest BCUT2D eigenvalue weighted by atomic mass is 9.88. The van der Waals surface area contributed by atoms with Gasteiger partial charge in [-0.3, -0.25) is 0 Å². The van der Waals surface area contributed by atoms with Crippen LogP contribution in [0.4, 0.5) is 43.9 Å². The Hall–Kier alpha value is -0.700. The summed E-state index contributed by atoms with van der Waals surface area (Å²) in [5, 5.41) is 0. The van der Waals surface area contributed by atoms with E-state index in [1.807, 2.05) is 0 Å². The molecule has 0 amide bonds. The first-order valence-corrected chi connectivity index (χ1v) is 4.05. The maximum absolute atomic E-state index is 13.0. The highest BCUT2D eigenvalue weighted by atomic mass is 19.4. The monoisotopic (exact) mass is 280 g/mol. The molecule has 0 N–H and O–H groups in total. The molecule has 0 saturated carbocycles. The maximum atomic E-state index is 13.0. The van der Waals surface area contributed by atoms with Crippen LogP contribution in [0.5, 0.6) is 0 Å². The molecule has 0 bridgehead atoms. The van der Waals surface area contributed by atoms with Gasteiger partial charge < -0.3 is 0 Å². The summed E-state index contributed by atoms with van der Waals surface area (Å²) in [5.74, 6) is -12.2. The summed E-state index contributed by atoms with van der Waals surface area (Å²) < 4.78 is 122. The molecule has 0 saturated heterocycles. The van der Waals surface area contributed by atoms with Gasteiger partial charge in [0.25, 0.3) is 5.92 Å². The lowest BCUT2D eigenvalue weighted by Crippen LogP contribution is -2.68. The molecule has 0 aliphatic rings. The number of hydrogen-bond acceptors (Lipinski definition) is 0. The molecule has 0 aliphatic heterocycles. The van der Waals surface area contributed by atoms with E-state index in [0.717, 1.165) is 0 Å². The molecular formula is C7H6F10. The summed E-state index contributed by atoms with van der Waals surface area (Å²) in [6, 6.07) is 0. The Balaban J connectivity index is 5.93. The van der Waals surface area contributed by atoms with E-state index in [1.165, 1.54) is 0 Å². The van der Waals surface area contributed by atoms with Crippen LogP contribution in [0.25, 0.3) is 0 Å². The van der Waals surface area contributed by atoms with Crippen LogP contribution in [0.15, 0.2) is 0 Å². The highest BCUT2D eigenvalue weighted by molar-refractivity contribution is 5.09. The Kier molecular flexibility index (Phi) is 4.03. The molecule has 0 aromatic carbocycles. The fraction of sp³-hybridized carbons (Fsp3) is 1.00. The van der Waals surface area contributed by atoms with E-state index < -0.39 is 36.5 Å². The van der Waals surface area contributed by atoms with Gasteiger partial charge in [-0.05, 0) is 0 Å². The van der Waals surface area contributed by atoms with E-state index in [1.54, 1.807) is 0 Å². The molecule has 0 aromatic heterocycles. The standard InChI is InChI=1S/C7H6F10/c1-2-4(10,11)6(14,7(15,16)17)5(12,13)3(8)9/h3H,2H2,1H3. The zero-order chi connectivity index (χ0) is 14.3. The molecular weight excluding hydrogens is 274 g/mol. The van der Waals surface area contributed by atoms with E-state index in [0.29, 0.717) is 0 Å². The lowest BCUT2D eigenvalue weighted by molar-refractivity contribution is -0.384. The topological polar surface area (TPSA) is 0 Å². The Labute approximate surface area is 88.6 Å². The van der Waals surface area contributed by atoms with Crippen LogP contribution < -0.4 is 0 Å². The molecule has 0 spiro atoms. The predicted octanol–water partition coefficient (Wildman–Crippen LogP) is 4.20. The molecule has 17 heavy (non-hydrogen) atoms. The molecule has 0 aliphatic carbocycles. The molecule has 0 aromatic rings. The van der Waals surface area contributed by atoms with Crippen molar-refractivity contribution in [1.82, 2.24) is 0 Å². The minimum absolute atomic E-state index is 0.265. The molecule has 0 heterocycles. The van der Waals surface area contributed by atoms with Crippen molar-refractivity contribution in [3.8, 4) is 0 Å². The average Bonchev–Trinajstić information content (AvgIpc) is 2.13. The number of halogens is 10. The van der Waals surface area contributed by atoms with Gasteiger partial charge in [0.05, 0.1) is 0 Å². The normalized spacial score (nSPS) is 18.4. The summed E-state index contributed by atoms with van der Waals surface area (Å²) in [5.41, 5.74) is -6.62. The first kappa shape index (κ1) is 16.3. The number of rotatable bonds is 4. The van der Waals surface area contributed by atoms with Crippen molar-refractivity contribution in [3.63, 3.8) is 0 Å². The zero-order valence-electron chi connectivity index (χ0n) is 8.06. The van der Waals surface area contributed by atoms with Gasteiger partial charge in [-0.25, -0.2) is 22.0 Å². The van der Waals surface area contributed by atoms with E-state index in [-0.39, 0.29) is 6.92 Å². The molecule has 10 heteroatoms. The maximum Gasteiger partial charge on any atom is 0.434 e. The van der Waals surface area contributed by atoms with Crippen LogP contribution in [0.1, 0.15) is 13.3 Å². The average molecular weight is 280 g/mol. The first-order chi connectivity index (χ1) is 7.25. The second-order valence-electron chi connectivity index (χ2n) is 3.14. The van der Waals surface area contributed by atoms with Crippen molar-refractivity contribution < 1.29 is 43.9 Å². The van der Waals surface area contributed by atoms with E-state index in [4.69, 9.17) is 0 Å². The van der Waals surface area contributed by atoms with Gasteiger partial charge in [0.15, 0.2) is 0 Å². The second kappa shape index (κ2) is 4.20. The summed E-state index contributed by atoms with van der Waals surface area (Å²) in [7, 11) is 0. The predicted molar refractivity (Wildman–Crippen MR) is 36.1 cm³/mol. The van der Waals surface area contributed by atoms with Crippen molar-refractivity contribution in [2.75, 3.05) is 0 Å². The third kappa shape index (κ3) is 2.17. The molecule has 104 valence electrons. The Morgan fingerprint density at radius 3 is 1.35 bits per heavy atom. The van der Waals surface area contributed by atoms with Crippen molar-refractivity contribution in [2.24, 2.45) is 0 Å². The molecule has 0 radical (unpaired) electrons. The summed E-state index contributed by atoms with van der Waals surface area (Å²) >= 11 is 0. The largest absolute Gasteiger partial charge is 0.434 e. The fourth-order valence-electron chi connectivity index (χ4n) is 1.03. The lowest BCUT2D eigenvalue weighted by Gasteiger charge is -2.39. The van der Waals surface area contributed by atoms with Crippen LogP contribution in [0, 0.1) is 0 Å². The van der Waals surface area contributed by atoms with Gasteiger partial charge >= 0.3 is 24.2 Å². The highest BCUT2D eigenvalue weighted by Crippen LogP contribution is 2.56. The quantitative estimate of drug-likeness (QED) is 0.677. The van der Waals surface area contributed by atoms with Gasteiger partial charge in [-0.15, -0.1) is 0 Å². The third-order valence-corrected chi connectivity index (χ3v) is 2.07. The number of alkyl halides is 10. The minimum Gasteiger partial charge on any atom is -0.220 e. The number of hydrogen-bond donors (Lipinski definition) is 0. The van der Waals surface area contributed by atoms with Gasteiger partial charge in [0, 0.05) is 6.42 Å². The minimum atomic E-state index is -6.84. The molecule has 0 nitrogen and oxygen atoms in total. The van der Waals surface area contributed by atoms with Crippen molar-refractivity contribution >= 4 is 0 Å². The van der Waals surface area contributed by atoms with Gasteiger partial charge in [0.2, 0.25) is 0 Å². The van der Waals surface area contributed by atoms with E-state index in [9.17, 15) is 43.9 Å². The van der Waals surface area contributed by atoms with Crippen molar-refractivity contribution in [3.05, 3.63) is 0 Å². The van der Waals surface area contributed by atoms with E-state index in [2.05, 4.69) is 0 Å². The molecule has 1 unspecified atom stereocenters. The second-order valence-corrected chi connectivity index (χ2v) is 3.14. The van der Waals surface area contributed by atoms with Crippen LogP contribution >= 0.6 is 0 Å². The Morgan fingerprint density at radius 1 is 0.824 bits per heavy atom. The van der Waals surface area contributed by atoms with Crippen LogP contribution in [-0.2, 0) is 0 Å². The summed E-state index contributed by atoms with van der Waals surface area (Å²) in [4.78, 5) is 0. The fourth-order valence-corrected chi connectivity index (χ4v) is 1.03. The van der Waals surface area contributed by atoms with Gasteiger partial charge in [-0.1, -0.05) is 6.92 Å². The Morgan fingerprint density at radius 2 is 1.18 bits per heavy atom. The summed E-state index contributed by atoms with van der Waals surface area (Å²) in [6.07, 6.45) is -14.1. The SMILES string of the molecule is CCC(F)(F)C(F)(C(F)(F)F)C(F)(F)C(F)F. The highest BCUT2D eigenvalue weighted by Gasteiger charge is 2.84. The van der Waals surface area contributed by atoms with Crippen LogP contribution in [-0.4, -0.2) is 30.1 Å². The molecule has 0 rings (SSSR count). The summed E-state index contributed by atoms with van der Waals surface area (Å²) in [6.45, 7) is 0.265. The van der Waals surface area contributed by atoms with Gasteiger partial charge in [-0.2, -0.15) is 22.0 Å².